The van der Waals surface area contributed by atoms with E-state index in [1.165, 1.54) is 18.7 Å². The third-order valence-electron chi connectivity index (χ3n) is 4.40. The molecule has 29 heavy (non-hydrogen) atoms. The summed E-state index contributed by atoms with van der Waals surface area (Å²) in [4.78, 5) is 37.1. The molecule has 0 fully saturated rings. The summed E-state index contributed by atoms with van der Waals surface area (Å²) in [6.45, 7) is 1.95. The van der Waals surface area contributed by atoms with E-state index in [9.17, 15) is 14.4 Å². The second-order valence-corrected chi connectivity index (χ2v) is 7.52. The Kier molecular flexibility index (Phi) is 5.30. The highest BCUT2D eigenvalue weighted by Crippen LogP contribution is 2.33. The molecule has 0 aliphatic carbocycles. The van der Waals surface area contributed by atoms with Crippen LogP contribution >= 0.6 is 11.8 Å². The molecule has 9 heteroatoms. The van der Waals surface area contributed by atoms with Gasteiger partial charge in [0.1, 0.15) is 0 Å². The van der Waals surface area contributed by atoms with Crippen molar-refractivity contribution in [1.82, 2.24) is 5.32 Å². The van der Waals surface area contributed by atoms with Crippen LogP contribution in [0.5, 0.6) is 11.5 Å². The zero-order valence-corrected chi connectivity index (χ0v) is 16.3. The number of benzene rings is 2. The fraction of sp³-hybridized carbons (Fsp3) is 0.250. The van der Waals surface area contributed by atoms with Crippen molar-refractivity contribution in [2.75, 3.05) is 17.9 Å². The summed E-state index contributed by atoms with van der Waals surface area (Å²) in [5.41, 5.74) is 1.67. The van der Waals surface area contributed by atoms with Crippen LogP contribution in [-0.4, -0.2) is 36.4 Å². The Morgan fingerprint density at radius 2 is 2.03 bits per heavy atom. The topological polar surface area (TPSA) is 103 Å². The molecule has 2 aromatic carbocycles. The van der Waals surface area contributed by atoms with E-state index >= 15 is 0 Å². The van der Waals surface area contributed by atoms with Crippen LogP contribution < -0.4 is 20.1 Å². The van der Waals surface area contributed by atoms with Gasteiger partial charge < -0.3 is 24.8 Å². The number of carbonyl (C=O) groups excluding carboxylic acids is 3. The number of fused-ring (bicyclic) bond motifs is 2. The minimum Gasteiger partial charge on any atom is -0.454 e. The van der Waals surface area contributed by atoms with Crippen molar-refractivity contribution >= 4 is 35.2 Å². The van der Waals surface area contributed by atoms with E-state index in [0.717, 1.165) is 10.5 Å². The third kappa shape index (κ3) is 4.29. The van der Waals surface area contributed by atoms with Gasteiger partial charge in [-0.15, -0.1) is 11.8 Å². The third-order valence-corrected chi connectivity index (χ3v) is 5.48. The summed E-state index contributed by atoms with van der Waals surface area (Å²) < 4.78 is 15.8. The molecule has 2 N–H and O–H groups in total. The quantitative estimate of drug-likeness (QED) is 0.724. The lowest BCUT2D eigenvalue weighted by Gasteiger charge is -2.17. The molecule has 4 rings (SSSR count). The maximum atomic E-state index is 12.4. The highest BCUT2D eigenvalue weighted by molar-refractivity contribution is 8.00. The van der Waals surface area contributed by atoms with Crippen molar-refractivity contribution in [3.63, 3.8) is 0 Å². The molecule has 0 spiro atoms. The first-order chi connectivity index (χ1) is 14.0. The molecule has 2 aromatic rings. The number of nitrogens with one attached hydrogen (secondary N) is 2. The maximum Gasteiger partial charge on any atom is 0.338 e. The van der Waals surface area contributed by atoms with Gasteiger partial charge in [-0.1, -0.05) is 6.07 Å². The monoisotopic (exact) mass is 414 g/mol. The number of thioether (sulfide) groups is 1. The van der Waals surface area contributed by atoms with Crippen molar-refractivity contribution in [3.8, 4) is 11.5 Å². The van der Waals surface area contributed by atoms with Gasteiger partial charge in [-0.2, -0.15) is 0 Å². The Hall–Kier alpha value is -3.20. The Morgan fingerprint density at radius 1 is 1.21 bits per heavy atom. The van der Waals surface area contributed by atoms with Crippen LogP contribution in [0.4, 0.5) is 5.69 Å². The predicted octanol–water partition coefficient (Wildman–Crippen LogP) is 2.32. The van der Waals surface area contributed by atoms with E-state index in [4.69, 9.17) is 14.2 Å². The Balaban J connectivity index is 1.33. The molecule has 0 saturated heterocycles. The van der Waals surface area contributed by atoms with E-state index in [1.807, 2.05) is 6.07 Å². The largest absolute Gasteiger partial charge is 0.454 e. The van der Waals surface area contributed by atoms with E-state index in [-0.39, 0.29) is 24.8 Å². The van der Waals surface area contributed by atoms with Gasteiger partial charge >= 0.3 is 5.97 Å². The first kappa shape index (κ1) is 19.1. The average Bonchev–Trinajstić information content (AvgIpc) is 3.19. The Morgan fingerprint density at radius 3 is 2.90 bits per heavy atom. The molecule has 150 valence electrons. The van der Waals surface area contributed by atoms with Crippen molar-refractivity contribution in [1.29, 1.82) is 0 Å². The van der Waals surface area contributed by atoms with E-state index in [1.54, 1.807) is 30.3 Å². The Bertz CT molecular complexity index is 993. The molecule has 2 amide bonds. The van der Waals surface area contributed by atoms with Crippen LogP contribution in [0.1, 0.15) is 22.8 Å². The van der Waals surface area contributed by atoms with Gasteiger partial charge in [-0.3, -0.25) is 9.59 Å². The molecule has 1 atom stereocenters. The molecule has 2 aliphatic heterocycles. The lowest BCUT2D eigenvalue weighted by atomic mass is 10.2. The van der Waals surface area contributed by atoms with E-state index in [2.05, 4.69) is 10.6 Å². The summed E-state index contributed by atoms with van der Waals surface area (Å²) in [7, 11) is 0. The van der Waals surface area contributed by atoms with Crippen LogP contribution in [0.25, 0.3) is 0 Å². The van der Waals surface area contributed by atoms with Gasteiger partial charge in [0.15, 0.2) is 17.6 Å². The van der Waals surface area contributed by atoms with E-state index < -0.39 is 18.0 Å². The number of rotatable bonds is 5. The van der Waals surface area contributed by atoms with Gasteiger partial charge in [0.05, 0.1) is 17.0 Å². The summed E-state index contributed by atoms with van der Waals surface area (Å²) in [6.07, 6.45) is -0.975. The zero-order chi connectivity index (χ0) is 20.4. The van der Waals surface area contributed by atoms with E-state index in [0.29, 0.717) is 22.9 Å². The maximum absolute atomic E-state index is 12.4. The first-order valence-corrected chi connectivity index (χ1v) is 9.92. The standard InChI is InChI=1S/C20H18N2O6S/c1-11(19(24)21-8-12-2-4-15-16(6-12)27-10-26-15)28-20(25)13-3-5-17-14(7-13)22-18(23)9-29-17/h2-7,11H,8-10H2,1H3,(H,21,24)(H,22,23). The fourth-order valence-corrected chi connectivity index (χ4v) is 3.66. The summed E-state index contributed by atoms with van der Waals surface area (Å²) in [5, 5.41) is 5.45. The molecule has 0 bridgehead atoms. The summed E-state index contributed by atoms with van der Waals surface area (Å²) in [6, 6.07) is 10.3. The van der Waals surface area contributed by atoms with Crippen molar-refractivity contribution in [2.24, 2.45) is 0 Å². The van der Waals surface area contributed by atoms with Crippen LogP contribution in [0.3, 0.4) is 0 Å². The number of hydrogen-bond donors (Lipinski definition) is 2. The fourth-order valence-electron chi connectivity index (χ4n) is 2.88. The SMILES string of the molecule is CC(OC(=O)c1ccc2c(c1)NC(=O)CS2)C(=O)NCc1ccc2c(c1)OCO2. The predicted molar refractivity (Wildman–Crippen MR) is 105 cm³/mol. The number of esters is 1. The van der Waals surface area contributed by atoms with Gasteiger partial charge in [-0.25, -0.2) is 4.79 Å². The van der Waals surface area contributed by atoms with Gasteiger partial charge in [0.2, 0.25) is 12.7 Å². The summed E-state index contributed by atoms with van der Waals surface area (Å²) in [5.74, 6) is 0.471. The molecule has 0 saturated carbocycles. The molecule has 0 aromatic heterocycles. The molecular formula is C20H18N2O6S. The lowest BCUT2D eigenvalue weighted by Crippen LogP contribution is -2.35. The number of hydrogen-bond acceptors (Lipinski definition) is 7. The summed E-state index contributed by atoms with van der Waals surface area (Å²) >= 11 is 1.40. The van der Waals surface area contributed by atoms with Gasteiger partial charge in [0, 0.05) is 11.4 Å². The first-order valence-electron chi connectivity index (χ1n) is 8.93. The molecular weight excluding hydrogens is 396 g/mol. The lowest BCUT2D eigenvalue weighted by molar-refractivity contribution is -0.129. The number of carbonyl (C=O) groups is 3. The van der Waals surface area contributed by atoms with Gasteiger partial charge in [0.25, 0.3) is 5.91 Å². The van der Waals surface area contributed by atoms with Crippen molar-refractivity contribution in [3.05, 3.63) is 47.5 Å². The highest BCUT2D eigenvalue weighted by atomic mass is 32.2. The molecule has 8 nitrogen and oxygen atoms in total. The minimum absolute atomic E-state index is 0.121. The number of anilines is 1. The molecule has 2 heterocycles. The van der Waals surface area contributed by atoms with Crippen molar-refractivity contribution < 1.29 is 28.6 Å². The van der Waals surface area contributed by atoms with Crippen LogP contribution in [0, 0.1) is 0 Å². The molecule has 2 aliphatic rings. The van der Waals surface area contributed by atoms with Crippen molar-refractivity contribution in [2.45, 2.75) is 24.5 Å². The second kappa shape index (κ2) is 8.04. The zero-order valence-electron chi connectivity index (χ0n) is 15.5. The normalized spacial score (nSPS) is 15.1. The molecule has 0 radical (unpaired) electrons. The Labute approximate surface area is 170 Å². The second-order valence-electron chi connectivity index (χ2n) is 6.50. The minimum atomic E-state index is -0.975. The number of ether oxygens (including phenoxy) is 3. The highest BCUT2D eigenvalue weighted by Gasteiger charge is 2.22. The van der Waals surface area contributed by atoms with Crippen LogP contribution in [0.15, 0.2) is 41.3 Å². The average molecular weight is 414 g/mol. The number of amides is 2. The van der Waals surface area contributed by atoms with Crippen LogP contribution in [0.2, 0.25) is 0 Å². The smallest absolute Gasteiger partial charge is 0.338 e. The molecule has 1 unspecified atom stereocenters. The van der Waals surface area contributed by atoms with Crippen LogP contribution in [-0.2, 0) is 20.9 Å². The van der Waals surface area contributed by atoms with Gasteiger partial charge in [-0.05, 0) is 42.8 Å².